The van der Waals surface area contributed by atoms with Gasteiger partial charge in [0.1, 0.15) is 6.07 Å². The molecular weight excluding hydrogens is 825 g/mol. The molecule has 0 saturated carbocycles. The molecule has 1 heterocycles. The number of benzene rings is 11. The number of hydrogen-bond acceptors (Lipinski definition) is 4. The van der Waals surface area contributed by atoms with Crippen LogP contribution in [0, 0.1) is 11.3 Å². The van der Waals surface area contributed by atoms with Crippen molar-refractivity contribution >= 4 is 32.3 Å². The summed E-state index contributed by atoms with van der Waals surface area (Å²) < 4.78 is 0. The van der Waals surface area contributed by atoms with E-state index in [-0.39, 0.29) is 0 Å². The van der Waals surface area contributed by atoms with Gasteiger partial charge in [-0.15, -0.1) is 0 Å². The maximum Gasteiger partial charge on any atom is 0.164 e. The topological polar surface area (TPSA) is 62.5 Å². The van der Waals surface area contributed by atoms with E-state index in [1.165, 1.54) is 65.7 Å². The SMILES string of the molecule is N#Cc1c(-c2ccc(-c3nc(-c4ccccc4)nc(-c4ccc(-c5ccc6c7c(cccc57)-c5ccccc5-6)cc4)n3)cc2)cccc1-c1cccc(-c2cc3ccccc3c3ccccc23)c1. The van der Waals surface area contributed by atoms with E-state index in [1.54, 1.807) is 0 Å². The number of rotatable bonds is 7. The Balaban J connectivity index is 0.843. The molecule has 12 aromatic rings. The average Bonchev–Trinajstić information content (AvgIpc) is 3.75. The van der Waals surface area contributed by atoms with E-state index in [9.17, 15) is 5.26 Å². The van der Waals surface area contributed by atoms with E-state index in [2.05, 4.69) is 176 Å². The van der Waals surface area contributed by atoms with Gasteiger partial charge in [0.25, 0.3) is 0 Å². The van der Waals surface area contributed by atoms with Crippen LogP contribution in [-0.2, 0) is 0 Å². The van der Waals surface area contributed by atoms with E-state index in [0.29, 0.717) is 23.0 Å². The van der Waals surface area contributed by atoms with Crippen molar-refractivity contribution in [2.75, 3.05) is 0 Å². The van der Waals surface area contributed by atoms with Crippen molar-refractivity contribution in [3.05, 3.63) is 236 Å². The first kappa shape index (κ1) is 39.1. The maximum atomic E-state index is 10.8. The van der Waals surface area contributed by atoms with Crippen molar-refractivity contribution in [3.63, 3.8) is 0 Å². The molecule has 0 fully saturated rings. The molecule has 0 radical (unpaired) electrons. The summed E-state index contributed by atoms with van der Waals surface area (Å²) in [6.07, 6.45) is 0. The average molecular weight is 863 g/mol. The van der Waals surface area contributed by atoms with E-state index in [4.69, 9.17) is 15.0 Å². The molecule has 1 aliphatic rings. The normalized spacial score (nSPS) is 11.5. The lowest BCUT2D eigenvalue weighted by atomic mass is 9.89. The Morgan fingerprint density at radius 3 is 1.37 bits per heavy atom. The van der Waals surface area contributed by atoms with Gasteiger partial charge < -0.3 is 0 Å². The molecular formula is C64H38N4. The van der Waals surface area contributed by atoms with Gasteiger partial charge in [0.2, 0.25) is 0 Å². The Morgan fingerprint density at radius 2 is 0.691 bits per heavy atom. The Labute approximate surface area is 393 Å². The van der Waals surface area contributed by atoms with Crippen LogP contribution in [0.2, 0.25) is 0 Å². The van der Waals surface area contributed by atoms with Crippen molar-refractivity contribution in [2.45, 2.75) is 0 Å². The predicted octanol–water partition coefficient (Wildman–Crippen LogP) is 16.5. The standard InChI is InChI=1S/C64H38N4/c65-39-60-48(23-11-24-50(60)45-16-10-17-46(37-45)59-38-47-15-4-5-18-49(47)52-19-6-9-22-55(52)59)40-27-31-43(32-28-40)63-66-62(42-13-2-1-3-14-42)67-64(68-63)44-33-29-41(30-34-44)51-35-36-58-54-21-8-7-20-53(54)57-26-12-25-56(51)61(57)58/h1-38H. The highest BCUT2D eigenvalue weighted by Gasteiger charge is 2.23. The third-order valence-corrected chi connectivity index (χ3v) is 13.6. The van der Waals surface area contributed by atoms with Crippen molar-refractivity contribution in [1.29, 1.82) is 5.26 Å². The molecule has 1 aromatic heterocycles. The third-order valence-electron chi connectivity index (χ3n) is 13.6. The van der Waals surface area contributed by atoms with E-state index >= 15 is 0 Å². The van der Waals surface area contributed by atoms with Crippen LogP contribution in [0.3, 0.4) is 0 Å². The minimum atomic E-state index is 0.573. The van der Waals surface area contributed by atoms with Crippen LogP contribution in [0.25, 0.3) is 133 Å². The van der Waals surface area contributed by atoms with E-state index in [1.807, 2.05) is 60.7 Å². The Hall–Kier alpha value is -9.30. The van der Waals surface area contributed by atoms with Gasteiger partial charge in [-0.05, 0) is 100 Å². The summed E-state index contributed by atoms with van der Waals surface area (Å²) >= 11 is 0. The molecule has 13 rings (SSSR count). The van der Waals surface area contributed by atoms with Gasteiger partial charge in [0, 0.05) is 27.8 Å². The van der Waals surface area contributed by atoms with Crippen LogP contribution in [-0.4, -0.2) is 15.0 Å². The minimum absolute atomic E-state index is 0.573. The number of nitriles is 1. The first-order valence-corrected chi connectivity index (χ1v) is 22.9. The summed E-state index contributed by atoms with van der Waals surface area (Å²) in [7, 11) is 0. The van der Waals surface area contributed by atoms with E-state index in [0.717, 1.165) is 50.1 Å². The highest BCUT2D eigenvalue weighted by molar-refractivity contribution is 6.19. The molecule has 0 amide bonds. The summed E-state index contributed by atoms with van der Waals surface area (Å²) in [6.45, 7) is 0. The van der Waals surface area contributed by atoms with Gasteiger partial charge in [-0.2, -0.15) is 5.26 Å². The molecule has 4 nitrogen and oxygen atoms in total. The largest absolute Gasteiger partial charge is 0.208 e. The molecule has 0 atom stereocenters. The zero-order chi connectivity index (χ0) is 45.1. The molecule has 0 spiro atoms. The number of aromatic nitrogens is 3. The minimum Gasteiger partial charge on any atom is -0.208 e. The molecule has 4 heteroatoms. The lowest BCUT2D eigenvalue weighted by Gasteiger charge is -2.14. The highest BCUT2D eigenvalue weighted by atomic mass is 15.0. The van der Waals surface area contributed by atoms with Crippen molar-refractivity contribution < 1.29 is 0 Å². The molecule has 0 saturated heterocycles. The molecule has 0 N–H and O–H groups in total. The zero-order valence-corrected chi connectivity index (χ0v) is 36.7. The highest BCUT2D eigenvalue weighted by Crippen LogP contribution is 2.49. The summed E-state index contributed by atoms with van der Waals surface area (Å²) in [4.78, 5) is 15.1. The molecule has 11 aromatic carbocycles. The van der Waals surface area contributed by atoms with Gasteiger partial charge in [0.15, 0.2) is 17.5 Å². The van der Waals surface area contributed by atoms with Crippen LogP contribution in [0.1, 0.15) is 5.56 Å². The number of nitrogens with zero attached hydrogens (tertiary/aromatic N) is 4. The second-order valence-electron chi connectivity index (χ2n) is 17.4. The summed E-state index contributed by atoms with van der Waals surface area (Å²) in [5.41, 5.74) is 16.7. The van der Waals surface area contributed by atoms with Crippen LogP contribution in [0.4, 0.5) is 0 Å². The zero-order valence-electron chi connectivity index (χ0n) is 36.7. The first-order chi connectivity index (χ1) is 33.7. The van der Waals surface area contributed by atoms with Crippen molar-refractivity contribution in [2.24, 2.45) is 0 Å². The van der Waals surface area contributed by atoms with Gasteiger partial charge in [0.05, 0.1) is 5.56 Å². The number of fused-ring (bicyclic) bond motifs is 6. The summed E-state index contributed by atoms with van der Waals surface area (Å²) in [5, 5.41) is 18.2. The lowest BCUT2D eigenvalue weighted by molar-refractivity contribution is 1.07. The van der Waals surface area contributed by atoms with Gasteiger partial charge in [-0.25, -0.2) is 15.0 Å². The molecule has 0 unspecified atom stereocenters. The summed E-state index contributed by atoms with van der Waals surface area (Å²) in [5.74, 6) is 1.77. The fraction of sp³-hybridized carbons (Fsp3) is 0. The second kappa shape index (κ2) is 16.0. The molecule has 1 aliphatic carbocycles. The van der Waals surface area contributed by atoms with Gasteiger partial charge >= 0.3 is 0 Å². The van der Waals surface area contributed by atoms with Crippen LogP contribution in [0.15, 0.2) is 231 Å². The molecule has 314 valence electrons. The van der Waals surface area contributed by atoms with Gasteiger partial charge in [-0.3, -0.25) is 0 Å². The smallest absolute Gasteiger partial charge is 0.164 e. The van der Waals surface area contributed by atoms with E-state index < -0.39 is 0 Å². The Morgan fingerprint density at radius 1 is 0.265 bits per heavy atom. The Bertz CT molecular complexity index is 3990. The fourth-order valence-electron chi connectivity index (χ4n) is 10.3. The van der Waals surface area contributed by atoms with Crippen LogP contribution in [0.5, 0.6) is 0 Å². The number of hydrogen-bond donors (Lipinski definition) is 0. The monoisotopic (exact) mass is 862 g/mol. The predicted molar refractivity (Wildman–Crippen MR) is 280 cm³/mol. The van der Waals surface area contributed by atoms with Crippen LogP contribution < -0.4 is 0 Å². The lowest BCUT2D eigenvalue weighted by Crippen LogP contribution is -2.00. The Kier molecular flexibility index (Phi) is 9.20. The van der Waals surface area contributed by atoms with Crippen LogP contribution >= 0.6 is 0 Å². The maximum absolute atomic E-state index is 10.8. The first-order valence-electron chi connectivity index (χ1n) is 22.9. The van der Waals surface area contributed by atoms with Gasteiger partial charge in [-0.1, -0.05) is 218 Å². The fourth-order valence-corrected chi connectivity index (χ4v) is 10.3. The third kappa shape index (κ3) is 6.48. The summed E-state index contributed by atoms with van der Waals surface area (Å²) in [6, 6.07) is 83.3. The second-order valence-corrected chi connectivity index (χ2v) is 17.4. The quantitative estimate of drug-likeness (QED) is 0.150. The van der Waals surface area contributed by atoms with Crippen molar-refractivity contribution in [1.82, 2.24) is 15.0 Å². The molecule has 68 heavy (non-hydrogen) atoms. The van der Waals surface area contributed by atoms with Crippen molar-refractivity contribution in [3.8, 4) is 107 Å². The molecule has 0 aliphatic heterocycles. The molecule has 0 bridgehead atoms.